The Morgan fingerprint density at radius 3 is 2.43 bits per heavy atom. The summed E-state index contributed by atoms with van der Waals surface area (Å²) in [7, 11) is 1.62. The van der Waals surface area contributed by atoms with Gasteiger partial charge in [0.2, 0.25) is 0 Å². The number of nitrogens with zero attached hydrogens (tertiary/aromatic N) is 2. The van der Waals surface area contributed by atoms with Crippen molar-refractivity contribution in [3.8, 4) is 11.5 Å². The zero-order valence-corrected chi connectivity index (χ0v) is 18.4. The minimum absolute atomic E-state index is 0.0428. The van der Waals surface area contributed by atoms with Gasteiger partial charge in [-0.25, -0.2) is 4.98 Å². The molecular formula is C24H26N2O3S. The fourth-order valence-electron chi connectivity index (χ4n) is 3.48. The second kappa shape index (κ2) is 8.88. The number of methoxy groups -OCH3 is 1. The van der Waals surface area contributed by atoms with Gasteiger partial charge in [0.05, 0.1) is 19.3 Å². The van der Waals surface area contributed by atoms with Crippen molar-refractivity contribution in [2.75, 3.05) is 7.11 Å². The van der Waals surface area contributed by atoms with Gasteiger partial charge in [0.15, 0.2) is 0 Å². The van der Waals surface area contributed by atoms with Gasteiger partial charge in [-0.1, -0.05) is 6.07 Å². The first-order valence-electron chi connectivity index (χ1n) is 10.1. The van der Waals surface area contributed by atoms with E-state index in [1.165, 1.54) is 11.1 Å². The van der Waals surface area contributed by atoms with Gasteiger partial charge in [-0.05, 0) is 74.2 Å². The highest BCUT2D eigenvalue weighted by molar-refractivity contribution is 7.09. The van der Waals surface area contributed by atoms with Crippen LogP contribution in [0.5, 0.6) is 11.5 Å². The number of carbonyl (C=O) groups excluding carboxylic acids is 1. The number of aryl methyl sites for hydroxylation is 2. The number of amides is 1. The van der Waals surface area contributed by atoms with Gasteiger partial charge in [-0.2, -0.15) is 0 Å². The third-order valence-electron chi connectivity index (χ3n) is 5.07. The summed E-state index contributed by atoms with van der Waals surface area (Å²) < 4.78 is 11.1. The van der Waals surface area contributed by atoms with E-state index in [1.54, 1.807) is 18.4 Å². The van der Waals surface area contributed by atoms with Crippen LogP contribution in [0.3, 0.4) is 0 Å². The van der Waals surface area contributed by atoms with E-state index in [2.05, 4.69) is 19.9 Å². The van der Waals surface area contributed by atoms with Crippen LogP contribution in [-0.4, -0.2) is 28.9 Å². The molecule has 156 valence electrons. The van der Waals surface area contributed by atoms with E-state index in [1.807, 2.05) is 46.7 Å². The van der Waals surface area contributed by atoms with Gasteiger partial charge in [-0.15, -0.1) is 11.3 Å². The number of hydrogen-bond acceptors (Lipinski definition) is 5. The van der Waals surface area contributed by atoms with Crippen molar-refractivity contribution in [1.82, 2.24) is 9.88 Å². The van der Waals surface area contributed by atoms with Crippen molar-refractivity contribution in [2.45, 2.75) is 45.9 Å². The summed E-state index contributed by atoms with van der Waals surface area (Å²) in [5.74, 6) is 1.65. The lowest BCUT2D eigenvalue weighted by atomic mass is 10.1. The van der Waals surface area contributed by atoms with Crippen LogP contribution in [0, 0.1) is 13.8 Å². The Morgan fingerprint density at radius 2 is 1.80 bits per heavy atom. The number of aromatic nitrogens is 1. The van der Waals surface area contributed by atoms with Gasteiger partial charge in [0.1, 0.15) is 23.1 Å². The lowest BCUT2D eigenvalue weighted by Crippen LogP contribution is -2.32. The van der Waals surface area contributed by atoms with Crippen molar-refractivity contribution >= 4 is 17.2 Å². The van der Waals surface area contributed by atoms with Crippen LogP contribution in [0.15, 0.2) is 47.8 Å². The molecule has 0 bridgehead atoms. The number of rotatable bonds is 8. The van der Waals surface area contributed by atoms with Gasteiger partial charge in [-0.3, -0.25) is 4.79 Å². The first kappa shape index (κ1) is 20.4. The molecule has 0 spiro atoms. The third kappa shape index (κ3) is 5.00. The zero-order chi connectivity index (χ0) is 21.1. The van der Waals surface area contributed by atoms with E-state index in [0.717, 1.165) is 35.0 Å². The summed E-state index contributed by atoms with van der Waals surface area (Å²) >= 11 is 1.57. The minimum atomic E-state index is 0.0428. The molecule has 0 N–H and O–H groups in total. The molecule has 1 heterocycles. The first-order valence-corrected chi connectivity index (χ1v) is 11.0. The highest BCUT2D eigenvalue weighted by atomic mass is 32.1. The Hall–Kier alpha value is -2.86. The molecule has 1 fully saturated rings. The quantitative estimate of drug-likeness (QED) is 0.504. The predicted molar refractivity (Wildman–Crippen MR) is 118 cm³/mol. The second-order valence-electron chi connectivity index (χ2n) is 7.74. The fourth-order valence-corrected chi connectivity index (χ4v) is 4.17. The highest BCUT2D eigenvalue weighted by Gasteiger charge is 2.33. The van der Waals surface area contributed by atoms with E-state index in [4.69, 9.17) is 14.5 Å². The van der Waals surface area contributed by atoms with Crippen LogP contribution in [-0.2, 0) is 13.2 Å². The molecule has 0 saturated heterocycles. The molecule has 1 aromatic heterocycles. The predicted octanol–water partition coefficient (Wildman–Crippen LogP) is 5.15. The van der Waals surface area contributed by atoms with Crippen molar-refractivity contribution in [1.29, 1.82) is 0 Å². The monoisotopic (exact) mass is 422 g/mol. The molecule has 0 radical (unpaired) electrons. The van der Waals surface area contributed by atoms with Crippen LogP contribution in [0.25, 0.3) is 0 Å². The van der Waals surface area contributed by atoms with E-state index in [9.17, 15) is 4.79 Å². The maximum Gasteiger partial charge on any atom is 0.254 e. The molecule has 0 aliphatic heterocycles. The smallest absolute Gasteiger partial charge is 0.254 e. The van der Waals surface area contributed by atoms with Crippen molar-refractivity contribution in [2.24, 2.45) is 0 Å². The lowest BCUT2D eigenvalue weighted by Gasteiger charge is -2.21. The van der Waals surface area contributed by atoms with Crippen LogP contribution >= 0.6 is 11.3 Å². The molecule has 1 aliphatic carbocycles. The Kier molecular flexibility index (Phi) is 6.04. The van der Waals surface area contributed by atoms with Crippen LogP contribution in [0.1, 0.15) is 45.0 Å². The van der Waals surface area contributed by atoms with Crippen LogP contribution in [0.2, 0.25) is 0 Å². The zero-order valence-electron chi connectivity index (χ0n) is 17.6. The highest BCUT2D eigenvalue weighted by Crippen LogP contribution is 2.30. The van der Waals surface area contributed by atoms with E-state index in [-0.39, 0.29) is 5.91 Å². The van der Waals surface area contributed by atoms with Gasteiger partial charge in [0.25, 0.3) is 5.91 Å². The third-order valence-corrected chi connectivity index (χ3v) is 5.95. The minimum Gasteiger partial charge on any atom is -0.497 e. The average Bonchev–Trinajstić information content (AvgIpc) is 3.48. The van der Waals surface area contributed by atoms with E-state index in [0.29, 0.717) is 24.8 Å². The summed E-state index contributed by atoms with van der Waals surface area (Å²) in [5, 5.41) is 2.94. The molecule has 3 aromatic rings. The number of ether oxygens (including phenoxy) is 2. The summed E-state index contributed by atoms with van der Waals surface area (Å²) in [6.07, 6.45) is 2.10. The van der Waals surface area contributed by atoms with Crippen molar-refractivity contribution in [3.05, 3.63) is 75.2 Å². The largest absolute Gasteiger partial charge is 0.497 e. The topological polar surface area (TPSA) is 51.7 Å². The Morgan fingerprint density at radius 1 is 1.10 bits per heavy atom. The summed E-state index contributed by atoms with van der Waals surface area (Å²) in [5.41, 5.74) is 3.95. The van der Waals surface area contributed by atoms with Gasteiger partial charge >= 0.3 is 0 Å². The number of thiazole rings is 1. The molecule has 5 nitrogen and oxygen atoms in total. The number of carbonyl (C=O) groups is 1. The summed E-state index contributed by atoms with van der Waals surface area (Å²) in [4.78, 5) is 19.7. The second-order valence-corrected chi connectivity index (χ2v) is 8.68. The maximum absolute atomic E-state index is 13.0. The molecule has 0 atom stereocenters. The molecule has 30 heavy (non-hydrogen) atoms. The SMILES string of the molecule is COc1ccc(C(=O)N(Cc2csc(COc3cc(C)cc(C)c3)n2)C2CC2)cc1. The average molecular weight is 423 g/mol. The Bertz CT molecular complexity index is 1000. The molecule has 2 aromatic carbocycles. The molecule has 1 aliphatic rings. The Balaban J connectivity index is 1.41. The molecule has 1 amide bonds. The van der Waals surface area contributed by atoms with E-state index >= 15 is 0 Å². The molecule has 1 saturated carbocycles. The van der Waals surface area contributed by atoms with Crippen molar-refractivity contribution in [3.63, 3.8) is 0 Å². The first-order chi connectivity index (χ1) is 14.5. The molecule has 6 heteroatoms. The normalized spacial score (nSPS) is 13.2. The summed E-state index contributed by atoms with van der Waals surface area (Å²) in [6.45, 7) is 5.08. The van der Waals surface area contributed by atoms with Crippen LogP contribution < -0.4 is 9.47 Å². The fraction of sp³-hybridized carbons (Fsp3) is 0.333. The number of hydrogen-bond donors (Lipinski definition) is 0. The molecule has 4 rings (SSSR count). The van der Waals surface area contributed by atoms with Gasteiger partial charge < -0.3 is 14.4 Å². The lowest BCUT2D eigenvalue weighted by molar-refractivity contribution is 0.0728. The maximum atomic E-state index is 13.0. The van der Waals surface area contributed by atoms with Crippen LogP contribution in [0.4, 0.5) is 0 Å². The summed E-state index contributed by atoms with van der Waals surface area (Å²) in [6, 6.07) is 13.8. The number of benzene rings is 2. The van der Waals surface area contributed by atoms with Crippen molar-refractivity contribution < 1.29 is 14.3 Å². The van der Waals surface area contributed by atoms with Gasteiger partial charge in [0, 0.05) is 17.0 Å². The molecule has 0 unspecified atom stereocenters. The van der Waals surface area contributed by atoms with E-state index < -0.39 is 0 Å². The molecular weight excluding hydrogens is 396 g/mol. The standard InChI is InChI=1S/C24H26N2O3S/c1-16-10-17(2)12-22(11-16)29-14-23-25-19(15-30-23)13-26(20-6-7-20)24(27)18-4-8-21(28-3)9-5-18/h4-5,8-12,15,20H,6-7,13-14H2,1-3H3. The Labute approximate surface area is 181 Å².